The van der Waals surface area contributed by atoms with E-state index in [1.165, 1.54) is 6.92 Å². The van der Waals surface area contributed by atoms with Gasteiger partial charge in [-0.05, 0) is 68.7 Å². The second-order valence-electron chi connectivity index (χ2n) is 11.2. The molecule has 2 aliphatic rings. The molecular weight excluding hydrogens is 502 g/mol. The van der Waals surface area contributed by atoms with Gasteiger partial charge in [0.1, 0.15) is 11.5 Å². The Hall–Kier alpha value is -3.42. The second-order valence-corrected chi connectivity index (χ2v) is 11.2. The second kappa shape index (κ2) is 13.3. The predicted molar refractivity (Wildman–Crippen MR) is 158 cm³/mol. The van der Waals surface area contributed by atoms with E-state index < -0.39 is 5.60 Å². The van der Waals surface area contributed by atoms with Crippen LogP contribution in [0.2, 0.25) is 0 Å². The highest BCUT2D eigenvalue weighted by molar-refractivity contribution is 5.96. The molecule has 1 heterocycles. The highest BCUT2D eigenvalue weighted by Gasteiger charge is 2.43. The van der Waals surface area contributed by atoms with Gasteiger partial charge in [-0.1, -0.05) is 61.5 Å². The maximum atomic E-state index is 13.6. The summed E-state index contributed by atoms with van der Waals surface area (Å²) in [6, 6.07) is 15.4. The largest absolute Gasteiger partial charge is 0.457 e. The molecule has 4 N–H and O–H groups in total. The summed E-state index contributed by atoms with van der Waals surface area (Å²) in [4.78, 5) is 27.0. The summed E-state index contributed by atoms with van der Waals surface area (Å²) < 4.78 is 6.38. The van der Waals surface area contributed by atoms with Gasteiger partial charge < -0.3 is 25.8 Å². The van der Waals surface area contributed by atoms with E-state index in [1.807, 2.05) is 78.6 Å². The van der Waals surface area contributed by atoms with Crippen LogP contribution < -0.4 is 15.8 Å². The standard InChI is InChI=1S/C33H43N3O4/c1-23-10-4-6-13-30(23)40-31-14-7-5-12-29(31)33(39,17-9-18-35-25(3)37)28-11-8-19-36(22-28)32(38)26-15-16-27(21-34)24(2)20-26/h4-7,10,12-16,20,24,27-28,39H,8-9,11,17-19,21-22,34H2,1-3H3,(H,35,37)/t24?,27?,28-,33+/m1/s1. The molecule has 1 aliphatic heterocycles. The number of amides is 2. The number of rotatable bonds is 10. The molecule has 4 rings (SSSR count). The third-order valence-corrected chi connectivity index (χ3v) is 8.32. The van der Waals surface area contributed by atoms with Crippen LogP contribution in [0.1, 0.15) is 50.7 Å². The number of aryl methyl sites for hydroxylation is 1. The molecule has 0 spiro atoms. The number of benzene rings is 2. The minimum Gasteiger partial charge on any atom is -0.457 e. The number of para-hydroxylation sites is 2. The van der Waals surface area contributed by atoms with Gasteiger partial charge in [-0.2, -0.15) is 0 Å². The lowest BCUT2D eigenvalue weighted by molar-refractivity contribution is -0.132. The summed E-state index contributed by atoms with van der Waals surface area (Å²) in [5, 5.41) is 15.4. The fourth-order valence-corrected chi connectivity index (χ4v) is 5.92. The monoisotopic (exact) mass is 545 g/mol. The summed E-state index contributed by atoms with van der Waals surface area (Å²) >= 11 is 0. The van der Waals surface area contributed by atoms with Crippen molar-refractivity contribution in [3.8, 4) is 11.5 Å². The number of carbonyl (C=O) groups is 2. The molecule has 2 unspecified atom stereocenters. The summed E-state index contributed by atoms with van der Waals surface area (Å²) in [7, 11) is 0. The van der Waals surface area contributed by atoms with Crippen LogP contribution in [-0.2, 0) is 15.2 Å². The van der Waals surface area contributed by atoms with Gasteiger partial charge in [0.05, 0.1) is 5.60 Å². The molecule has 1 saturated heterocycles. The number of aliphatic hydroxyl groups is 1. The van der Waals surface area contributed by atoms with E-state index >= 15 is 0 Å². The lowest BCUT2D eigenvalue weighted by Crippen LogP contribution is -2.49. The lowest BCUT2D eigenvalue weighted by Gasteiger charge is -2.43. The number of allylic oxidation sites excluding steroid dienone is 1. The lowest BCUT2D eigenvalue weighted by atomic mass is 9.73. The summed E-state index contributed by atoms with van der Waals surface area (Å²) in [6.07, 6.45) is 8.54. The van der Waals surface area contributed by atoms with Crippen molar-refractivity contribution in [3.05, 3.63) is 83.5 Å². The van der Waals surface area contributed by atoms with Crippen molar-refractivity contribution in [1.29, 1.82) is 0 Å². The number of carbonyl (C=O) groups excluding carboxylic acids is 2. The predicted octanol–water partition coefficient (Wildman–Crippen LogP) is 4.84. The topological polar surface area (TPSA) is 105 Å². The zero-order valence-corrected chi connectivity index (χ0v) is 23.9. The minimum absolute atomic E-state index is 0.00619. The smallest absolute Gasteiger partial charge is 0.253 e. The van der Waals surface area contributed by atoms with Crippen LogP contribution in [-0.4, -0.2) is 48.0 Å². The molecule has 4 atom stereocenters. The maximum Gasteiger partial charge on any atom is 0.253 e. The van der Waals surface area contributed by atoms with Crippen molar-refractivity contribution in [2.24, 2.45) is 23.5 Å². The molecule has 2 aromatic carbocycles. The van der Waals surface area contributed by atoms with Crippen molar-refractivity contribution in [1.82, 2.24) is 10.2 Å². The van der Waals surface area contributed by atoms with Crippen LogP contribution in [0, 0.1) is 24.7 Å². The Morgan fingerprint density at radius 1 is 1.15 bits per heavy atom. The molecule has 2 aromatic rings. The number of likely N-dealkylation sites (tertiary alicyclic amines) is 1. The molecule has 0 aromatic heterocycles. The molecule has 0 radical (unpaired) electrons. The van der Waals surface area contributed by atoms with Crippen molar-refractivity contribution < 1.29 is 19.4 Å². The van der Waals surface area contributed by atoms with Crippen LogP contribution >= 0.6 is 0 Å². The van der Waals surface area contributed by atoms with E-state index in [0.717, 1.165) is 24.2 Å². The Morgan fingerprint density at radius 3 is 2.58 bits per heavy atom. The van der Waals surface area contributed by atoms with Gasteiger partial charge in [0, 0.05) is 43.6 Å². The van der Waals surface area contributed by atoms with E-state index in [4.69, 9.17) is 10.5 Å². The van der Waals surface area contributed by atoms with Crippen molar-refractivity contribution in [3.63, 3.8) is 0 Å². The van der Waals surface area contributed by atoms with Crippen LogP contribution in [0.4, 0.5) is 0 Å². The normalized spacial score (nSPS) is 22.3. The minimum atomic E-state index is -1.26. The quantitative estimate of drug-likeness (QED) is 0.371. The Morgan fingerprint density at radius 2 is 1.88 bits per heavy atom. The Kier molecular flexibility index (Phi) is 9.82. The molecule has 0 saturated carbocycles. The SMILES string of the molecule is CC(=O)NCCC[C@@](O)(c1ccccc1Oc1ccccc1C)[C@@H]1CCCN(C(=O)C2=CC(C)C(CN)C=C2)C1. The first-order chi connectivity index (χ1) is 19.2. The number of nitrogens with two attached hydrogens (primary N) is 1. The van der Waals surface area contributed by atoms with Crippen molar-refractivity contribution in [2.45, 2.75) is 52.1 Å². The third kappa shape index (κ3) is 6.83. The third-order valence-electron chi connectivity index (χ3n) is 8.32. The highest BCUT2D eigenvalue weighted by Crippen LogP contribution is 2.44. The molecule has 7 heteroatoms. The fourth-order valence-electron chi connectivity index (χ4n) is 5.92. The first-order valence-corrected chi connectivity index (χ1v) is 14.4. The molecular formula is C33H43N3O4. The number of hydrogen-bond acceptors (Lipinski definition) is 5. The number of nitrogens with zero attached hydrogens (tertiary/aromatic N) is 1. The van der Waals surface area contributed by atoms with Gasteiger partial charge in [0.2, 0.25) is 5.91 Å². The van der Waals surface area contributed by atoms with Gasteiger partial charge in [0.25, 0.3) is 5.91 Å². The first-order valence-electron chi connectivity index (χ1n) is 14.4. The molecule has 1 aliphatic carbocycles. The van der Waals surface area contributed by atoms with E-state index in [-0.39, 0.29) is 29.6 Å². The average molecular weight is 546 g/mol. The van der Waals surface area contributed by atoms with Gasteiger partial charge in [-0.3, -0.25) is 9.59 Å². The van der Waals surface area contributed by atoms with Crippen LogP contribution in [0.3, 0.4) is 0 Å². The Bertz CT molecular complexity index is 1260. The van der Waals surface area contributed by atoms with E-state index in [2.05, 4.69) is 12.2 Å². The highest BCUT2D eigenvalue weighted by atomic mass is 16.5. The van der Waals surface area contributed by atoms with E-state index in [1.54, 1.807) is 0 Å². The van der Waals surface area contributed by atoms with Crippen LogP contribution in [0.15, 0.2) is 72.3 Å². The number of hydrogen-bond donors (Lipinski definition) is 3. The summed E-state index contributed by atoms with van der Waals surface area (Å²) in [6.45, 7) is 7.68. The van der Waals surface area contributed by atoms with Gasteiger partial charge in [-0.15, -0.1) is 0 Å². The van der Waals surface area contributed by atoms with E-state index in [0.29, 0.717) is 55.9 Å². The zero-order chi connectivity index (χ0) is 28.7. The summed E-state index contributed by atoms with van der Waals surface area (Å²) in [5.41, 5.74) is 7.02. The Labute approximate surface area is 238 Å². The molecule has 7 nitrogen and oxygen atoms in total. The van der Waals surface area contributed by atoms with Crippen molar-refractivity contribution in [2.75, 3.05) is 26.2 Å². The molecule has 1 fully saturated rings. The average Bonchev–Trinajstić information content (AvgIpc) is 2.96. The number of ether oxygens (including phenoxy) is 1. The Balaban J connectivity index is 1.62. The molecule has 214 valence electrons. The number of piperidine rings is 1. The van der Waals surface area contributed by atoms with Crippen LogP contribution in [0.25, 0.3) is 0 Å². The molecule has 0 bridgehead atoms. The first kappa shape index (κ1) is 29.6. The van der Waals surface area contributed by atoms with Gasteiger partial charge in [-0.25, -0.2) is 0 Å². The fraction of sp³-hybridized carbons (Fsp3) is 0.455. The molecule has 2 amide bonds. The molecule has 40 heavy (non-hydrogen) atoms. The number of nitrogens with one attached hydrogen (secondary N) is 1. The maximum absolute atomic E-state index is 13.6. The van der Waals surface area contributed by atoms with Gasteiger partial charge in [0.15, 0.2) is 0 Å². The van der Waals surface area contributed by atoms with Crippen LogP contribution in [0.5, 0.6) is 11.5 Å². The zero-order valence-electron chi connectivity index (χ0n) is 23.9. The van der Waals surface area contributed by atoms with Crippen molar-refractivity contribution >= 4 is 11.8 Å². The summed E-state index contributed by atoms with van der Waals surface area (Å²) in [5.74, 6) is 1.47. The van der Waals surface area contributed by atoms with Gasteiger partial charge >= 0.3 is 0 Å². The van der Waals surface area contributed by atoms with E-state index in [9.17, 15) is 14.7 Å².